The zero-order valence-electron chi connectivity index (χ0n) is 9.01. The largest absolute Gasteiger partial charge is 0.380 e. The Morgan fingerprint density at radius 1 is 1.31 bits per heavy atom. The molecule has 0 atom stereocenters. The molecule has 0 heterocycles. The Hall–Kier alpha value is -0.340. The third-order valence-electron chi connectivity index (χ3n) is 1.67. The van der Waals surface area contributed by atoms with Crippen molar-refractivity contribution in [2.75, 3.05) is 13.2 Å². The Labute approximate surface area is 82.2 Å². The van der Waals surface area contributed by atoms with E-state index in [1.807, 2.05) is 19.9 Å². The molecular weight excluding hydrogens is 162 g/mol. The molecule has 0 spiro atoms. The highest BCUT2D eigenvalue weighted by atomic mass is 16.5. The summed E-state index contributed by atoms with van der Waals surface area (Å²) >= 11 is 0. The summed E-state index contributed by atoms with van der Waals surface area (Å²) in [6, 6.07) is 0. The van der Waals surface area contributed by atoms with Crippen molar-refractivity contribution in [1.29, 1.82) is 0 Å². The van der Waals surface area contributed by atoms with Crippen molar-refractivity contribution >= 4 is 0 Å². The van der Waals surface area contributed by atoms with E-state index in [1.165, 1.54) is 12.8 Å². The molecule has 0 bridgehead atoms. The summed E-state index contributed by atoms with van der Waals surface area (Å²) in [5.41, 5.74) is 5.57. The number of unbranched alkanes of at least 4 members (excludes halogenated alkanes) is 3. The summed E-state index contributed by atoms with van der Waals surface area (Å²) in [4.78, 5) is 0. The topological polar surface area (TPSA) is 35.2 Å². The van der Waals surface area contributed by atoms with E-state index < -0.39 is 0 Å². The summed E-state index contributed by atoms with van der Waals surface area (Å²) < 4.78 is 5.43. The van der Waals surface area contributed by atoms with Crippen LogP contribution in [0.3, 0.4) is 0 Å². The quantitative estimate of drug-likeness (QED) is 0.466. The van der Waals surface area contributed by atoms with Gasteiger partial charge < -0.3 is 10.5 Å². The summed E-state index contributed by atoms with van der Waals surface area (Å²) in [6.45, 7) is 9.11. The molecule has 0 radical (unpaired) electrons. The molecule has 2 nitrogen and oxygen atoms in total. The zero-order valence-corrected chi connectivity index (χ0v) is 9.01. The van der Waals surface area contributed by atoms with Crippen LogP contribution in [0.2, 0.25) is 0 Å². The lowest BCUT2D eigenvalue weighted by atomic mass is 10.1. The highest BCUT2D eigenvalue weighted by Crippen LogP contribution is 2.02. The van der Waals surface area contributed by atoms with Crippen LogP contribution in [0.5, 0.6) is 0 Å². The van der Waals surface area contributed by atoms with Crippen LogP contribution in [-0.4, -0.2) is 18.8 Å². The SMILES string of the molecule is C=CCCCCCOCC(C)(C)N. The van der Waals surface area contributed by atoms with Crippen LogP contribution in [0.25, 0.3) is 0 Å². The lowest BCUT2D eigenvalue weighted by Gasteiger charge is -2.17. The molecule has 0 aromatic carbocycles. The van der Waals surface area contributed by atoms with E-state index >= 15 is 0 Å². The van der Waals surface area contributed by atoms with Gasteiger partial charge in [-0.3, -0.25) is 0 Å². The number of hydrogen-bond acceptors (Lipinski definition) is 2. The maximum atomic E-state index is 5.76. The fourth-order valence-electron chi connectivity index (χ4n) is 1.00. The molecule has 13 heavy (non-hydrogen) atoms. The molecule has 0 aliphatic rings. The van der Waals surface area contributed by atoms with Gasteiger partial charge in [0, 0.05) is 12.1 Å². The molecule has 78 valence electrons. The van der Waals surface area contributed by atoms with Crippen molar-refractivity contribution < 1.29 is 4.74 Å². The molecule has 2 heteroatoms. The van der Waals surface area contributed by atoms with Crippen molar-refractivity contribution in [2.45, 2.75) is 45.1 Å². The molecule has 0 saturated carbocycles. The van der Waals surface area contributed by atoms with Crippen molar-refractivity contribution in [3.05, 3.63) is 12.7 Å². The first-order chi connectivity index (χ1) is 6.06. The van der Waals surface area contributed by atoms with E-state index in [2.05, 4.69) is 6.58 Å². The number of ether oxygens (including phenoxy) is 1. The van der Waals surface area contributed by atoms with E-state index in [9.17, 15) is 0 Å². The first kappa shape index (κ1) is 12.7. The molecule has 0 saturated heterocycles. The third kappa shape index (κ3) is 11.7. The zero-order chi connectivity index (χ0) is 10.2. The average Bonchev–Trinajstić information content (AvgIpc) is 2.01. The van der Waals surface area contributed by atoms with Gasteiger partial charge in [-0.1, -0.05) is 12.5 Å². The lowest BCUT2D eigenvalue weighted by Crippen LogP contribution is -2.37. The minimum Gasteiger partial charge on any atom is -0.380 e. The maximum absolute atomic E-state index is 5.76. The Kier molecular flexibility index (Phi) is 6.92. The van der Waals surface area contributed by atoms with Gasteiger partial charge >= 0.3 is 0 Å². The van der Waals surface area contributed by atoms with E-state index in [0.29, 0.717) is 6.61 Å². The molecule has 0 rings (SSSR count). The fraction of sp³-hybridized carbons (Fsp3) is 0.818. The molecule has 0 unspecified atom stereocenters. The minimum absolute atomic E-state index is 0.193. The molecule has 0 aliphatic carbocycles. The van der Waals surface area contributed by atoms with Crippen LogP contribution < -0.4 is 5.73 Å². The smallest absolute Gasteiger partial charge is 0.0640 e. The van der Waals surface area contributed by atoms with E-state index in [4.69, 9.17) is 10.5 Å². The highest BCUT2D eigenvalue weighted by molar-refractivity contribution is 4.70. The predicted octanol–water partition coefficient (Wildman–Crippen LogP) is 2.49. The third-order valence-corrected chi connectivity index (χ3v) is 1.67. The number of nitrogens with two attached hydrogens (primary N) is 1. The summed E-state index contributed by atoms with van der Waals surface area (Å²) in [7, 11) is 0. The monoisotopic (exact) mass is 185 g/mol. The second-order valence-corrected chi connectivity index (χ2v) is 4.18. The van der Waals surface area contributed by atoms with Gasteiger partial charge in [0.2, 0.25) is 0 Å². The lowest BCUT2D eigenvalue weighted by molar-refractivity contribution is 0.0941. The van der Waals surface area contributed by atoms with Gasteiger partial charge in [-0.2, -0.15) is 0 Å². The van der Waals surface area contributed by atoms with Gasteiger partial charge in [-0.25, -0.2) is 0 Å². The van der Waals surface area contributed by atoms with Crippen LogP contribution in [0.4, 0.5) is 0 Å². The number of rotatable bonds is 8. The Morgan fingerprint density at radius 3 is 2.54 bits per heavy atom. The fourth-order valence-corrected chi connectivity index (χ4v) is 1.00. The highest BCUT2D eigenvalue weighted by Gasteiger charge is 2.09. The molecular formula is C11H23NO. The number of hydrogen-bond donors (Lipinski definition) is 1. The second kappa shape index (κ2) is 7.10. The average molecular weight is 185 g/mol. The van der Waals surface area contributed by atoms with Gasteiger partial charge in [0.25, 0.3) is 0 Å². The van der Waals surface area contributed by atoms with Crippen molar-refractivity contribution in [3.63, 3.8) is 0 Å². The van der Waals surface area contributed by atoms with Crippen LogP contribution in [0.15, 0.2) is 12.7 Å². The van der Waals surface area contributed by atoms with Gasteiger partial charge in [0.1, 0.15) is 0 Å². The van der Waals surface area contributed by atoms with Gasteiger partial charge in [0.15, 0.2) is 0 Å². The van der Waals surface area contributed by atoms with E-state index in [1.54, 1.807) is 0 Å². The van der Waals surface area contributed by atoms with E-state index in [0.717, 1.165) is 19.4 Å². The Morgan fingerprint density at radius 2 is 2.00 bits per heavy atom. The summed E-state index contributed by atoms with van der Waals surface area (Å²) in [6.07, 6.45) is 6.64. The molecule has 2 N–H and O–H groups in total. The normalized spacial score (nSPS) is 11.6. The first-order valence-corrected chi connectivity index (χ1v) is 5.04. The van der Waals surface area contributed by atoms with Gasteiger partial charge in [-0.05, 0) is 33.1 Å². The van der Waals surface area contributed by atoms with Gasteiger partial charge in [0.05, 0.1) is 6.61 Å². The molecule has 0 aromatic heterocycles. The van der Waals surface area contributed by atoms with Crippen LogP contribution in [0, 0.1) is 0 Å². The van der Waals surface area contributed by atoms with Crippen molar-refractivity contribution in [2.24, 2.45) is 5.73 Å². The Balaban J connectivity index is 3.04. The summed E-state index contributed by atoms with van der Waals surface area (Å²) in [5, 5.41) is 0. The predicted molar refractivity (Wildman–Crippen MR) is 57.8 cm³/mol. The van der Waals surface area contributed by atoms with Gasteiger partial charge in [-0.15, -0.1) is 6.58 Å². The molecule has 0 fully saturated rings. The summed E-state index contributed by atoms with van der Waals surface area (Å²) in [5.74, 6) is 0. The molecule has 0 aromatic rings. The maximum Gasteiger partial charge on any atom is 0.0640 e. The van der Waals surface area contributed by atoms with Crippen LogP contribution in [-0.2, 0) is 4.74 Å². The second-order valence-electron chi connectivity index (χ2n) is 4.18. The molecule has 0 aliphatic heterocycles. The van der Waals surface area contributed by atoms with Crippen molar-refractivity contribution in [3.8, 4) is 0 Å². The minimum atomic E-state index is -0.193. The van der Waals surface area contributed by atoms with E-state index in [-0.39, 0.29) is 5.54 Å². The standard InChI is InChI=1S/C11H23NO/c1-4-5-6-7-8-9-13-10-11(2,3)12/h4H,1,5-10,12H2,2-3H3. The van der Waals surface area contributed by atoms with Crippen molar-refractivity contribution in [1.82, 2.24) is 0 Å². The Bertz CT molecular complexity index is 127. The van der Waals surface area contributed by atoms with Crippen LogP contribution in [0.1, 0.15) is 39.5 Å². The first-order valence-electron chi connectivity index (χ1n) is 5.04. The molecule has 0 amide bonds. The number of allylic oxidation sites excluding steroid dienone is 1. The van der Waals surface area contributed by atoms with Crippen LogP contribution >= 0.6 is 0 Å².